The van der Waals surface area contributed by atoms with E-state index >= 15 is 0 Å². The first kappa shape index (κ1) is 21.9. The highest BCUT2D eigenvalue weighted by Gasteiger charge is 2.26. The predicted molar refractivity (Wildman–Crippen MR) is 110 cm³/mol. The van der Waals surface area contributed by atoms with E-state index in [0.29, 0.717) is 5.56 Å². The predicted octanol–water partition coefficient (Wildman–Crippen LogP) is 3.83. The van der Waals surface area contributed by atoms with Gasteiger partial charge in [-0.3, -0.25) is 14.9 Å². The number of hydrogen-bond acceptors (Lipinski definition) is 5. The van der Waals surface area contributed by atoms with Crippen LogP contribution in [0.15, 0.2) is 18.7 Å². The van der Waals surface area contributed by atoms with Crippen LogP contribution in [0.1, 0.15) is 56.5 Å². The average Bonchev–Trinajstić information content (AvgIpc) is 2.61. The van der Waals surface area contributed by atoms with Gasteiger partial charge in [-0.05, 0) is 44.2 Å². The fourth-order valence-corrected chi connectivity index (χ4v) is 3.39. The van der Waals surface area contributed by atoms with Gasteiger partial charge in [-0.1, -0.05) is 26.5 Å². The molecular weight excluding hydrogens is 358 g/mol. The van der Waals surface area contributed by atoms with E-state index < -0.39 is 4.92 Å². The van der Waals surface area contributed by atoms with Gasteiger partial charge in [0.05, 0.1) is 16.6 Å². The van der Waals surface area contributed by atoms with Crippen LogP contribution in [0.4, 0.5) is 5.69 Å². The van der Waals surface area contributed by atoms with Crippen LogP contribution in [0, 0.1) is 16.0 Å². The van der Waals surface area contributed by atoms with E-state index in [1.54, 1.807) is 13.8 Å². The summed E-state index contributed by atoms with van der Waals surface area (Å²) in [6.07, 6.45) is 3.03. The SMILES string of the molecule is C=Cc1cc(OC(C)C)c([N+](=O)[O-])cc1C(=O)NC1CCN(C[C](C)C)CC1. The summed E-state index contributed by atoms with van der Waals surface area (Å²) in [6, 6.07) is 2.86. The van der Waals surface area contributed by atoms with Gasteiger partial charge in [0, 0.05) is 31.7 Å². The fourth-order valence-electron chi connectivity index (χ4n) is 3.39. The van der Waals surface area contributed by atoms with Crippen molar-refractivity contribution in [2.75, 3.05) is 19.6 Å². The number of nitro groups is 1. The van der Waals surface area contributed by atoms with Crippen molar-refractivity contribution in [1.29, 1.82) is 0 Å². The standard InChI is InChI=1S/C21H30N3O4/c1-6-16-11-20(28-15(4)5)19(24(26)27)12-18(16)21(25)22-17-7-9-23(10-8-17)13-14(2)3/h6,11-12,15,17H,1,7-10,13H2,2-5H3,(H,22,25). The van der Waals surface area contributed by atoms with Crippen LogP contribution in [0.2, 0.25) is 0 Å². The highest BCUT2D eigenvalue weighted by atomic mass is 16.6. The van der Waals surface area contributed by atoms with Gasteiger partial charge in [0.1, 0.15) is 0 Å². The van der Waals surface area contributed by atoms with Crippen LogP contribution in [0.3, 0.4) is 0 Å². The van der Waals surface area contributed by atoms with E-state index in [4.69, 9.17) is 4.74 Å². The zero-order valence-corrected chi connectivity index (χ0v) is 17.2. The average molecular weight is 388 g/mol. The number of rotatable bonds is 8. The molecule has 1 heterocycles. The van der Waals surface area contributed by atoms with Crippen LogP contribution >= 0.6 is 0 Å². The fraction of sp³-hybridized carbons (Fsp3) is 0.524. The Kier molecular flexibility index (Phi) is 7.57. The molecule has 1 aromatic rings. The highest BCUT2D eigenvalue weighted by molar-refractivity contribution is 5.99. The molecule has 1 aliphatic heterocycles. The molecular formula is C21H30N3O4. The quantitative estimate of drug-likeness (QED) is 0.540. The van der Waals surface area contributed by atoms with Crippen molar-refractivity contribution in [2.24, 2.45) is 0 Å². The molecule has 7 nitrogen and oxygen atoms in total. The molecule has 7 heteroatoms. The Morgan fingerprint density at radius 2 is 2.04 bits per heavy atom. The number of nitrogens with zero attached hydrogens (tertiary/aromatic N) is 2. The highest BCUT2D eigenvalue weighted by Crippen LogP contribution is 2.32. The molecule has 2 rings (SSSR count). The molecule has 1 fully saturated rings. The lowest BCUT2D eigenvalue weighted by atomic mass is 10.0. The Labute approximate surface area is 166 Å². The number of nitro benzene ring substituents is 1. The number of amides is 1. The lowest BCUT2D eigenvalue weighted by molar-refractivity contribution is -0.386. The number of piperidine rings is 1. The summed E-state index contributed by atoms with van der Waals surface area (Å²) in [4.78, 5) is 26.1. The third-order valence-electron chi connectivity index (χ3n) is 4.62. The normalized spacial score (nSPS) is 15.6. The Hall–Kier alpha value is -2.41. The molecule has 28 heavy (non-hydrogen) atoms. The minimum atomic E-state index is -0.524. The van der Waals surface area contributed by atoms with Crippen LogP contribution in [0.25, 0.3) is 6.08 Å². The van der Waals surface area contributed by atoms with Crippen LogP contribution in [-0.4, -0.2) is 47.5 Å². The van der Waals surface area contributed by atoms with Gasteiger partial charge in [-0.25, -0.2) is 0 Å². The van der Waals surface area contributed by atoms with Gasteiger partial charge >= 0.3 is 5.69 Å². The van der Waals surface area contributed by atoms with Crippen LogP contribution in [0.5, 0.6) is 5.75 Å². The van der Waals surface area contributed by atoms with Gasteiger partial charge < -0.3 is 15.0 Å². The number of ether oxygens (including phenoxy) is 1. The molecule has 0 spiro atoms. The second-order valence-electron chi connectivity index (χ2n) is 7.77. The Morgan fingerprint density at radius 1 is 1.39 bits per heavy atom. The second kappa shape index (κ2) is 9.68. The smallest absolute Gasteiger partial charge is 0.311 e. The van der Waals surface area contributed by atoms with Crippen molar-refractivity contribution in [1.82, 2.24) is 10.2 Å². The lowest BCUT2D eigenvalue weighted by Gasteiger charge is -2.33. The third kappa shape index (κ3) is 5.79. The van der Waals surface area contributed by atoms with E-state index in [9.17, 15) is 14.9 Å². The Bertz CT molecular complexity index is 723. The first-order valence-corrected chi connectivity index (χ1v) is 9.65. The number of nitrogens with one attached hydrogen (secondary N) is 1. The van der Waals surface area contributed by atoms with Crippen molar-refractivity contribution < 1.29 is 14.5 Å². The number of carbonyl (C=O) groups is 1. The van der Waals surface area contributed by atoms with Crippen LogP contribution < -0.4 is 10.1 Å². The van der Waals surface area contributed by atoms with E-state index in [0.717, 1.165) is 32.5 Å². The summed E-state index contributed by atoms with van der Waals surface area (Å²) in [7, 11) is 0. The van der Waals surface area contributed by atoms with E-state index in [1.807, 2.05) is 0 Å². The molecule has 1 amide bonds. The van der Waals surface area contributed by atoms with Gasteiger partial charge in [0.25, 0.3) is 5.91 Å². The van der Waals surface area contributed by atoms with E-state index in [-0.39, 0.29) is 35.1 Å². The molecule has 1 N–H and O–H groups in total. The molecule has 1 aliphatic rings. The summed E-state index contributed by atoms with van der Waals surface area (Å²) < 4.78 is 5.55. The number of benzene rings is 1. The van der Waals surface area contributed by atoms with Crippen molar-refractivity contribution >= 4 is 17.7 Å². The molecule has 0 bridgehead atoms. The monoisotopic (exact) mass is 388 g/mol. The maximum atomic E-state index is 12.8. The first-order valence-electron chi connectivity index (χ1n) is 9.65. The topological polar surface area (TPSA) is 84.7 Å². The van der Waals surface area contributed by atoms with Gasteiger partial charge in [-0.2, -0.15) is 0 Å². The van der Waals surface area contributed by atoms with Crippen LogP contribution in [-0.2, 0) is 0 Å². The Morgan fingerprint density at radius 3 is 2.54 bits per heavy atom. The molecule has 1 saturated heterocycles. The van der Waals surface area contributed by atoms with E-state index in [2.05, 4.69) is 30.6 Å². The Balaban J connectivity index is 2.15. The van der Waals surface area contributed by atoms with Crippen molar-refractivity contribution in [3.05, 3.63) is 45.9 Å². The van der Waals surface area contributed by atoms with Crippen molar-refractivity contribution in [3.63, 3.8) is 0 Å². The number of hydrogen-bond donors (Lipinski definition) is 1. The first-order chi connectivity index (χ1) is 13.2. The summed E-state index contributed by atoms with van der Waals surface area (Å²) in [5.74, 6) is 1.20. The number of carbonyl (C=O) groups excluding carboxylic acids is 1. The molecule has 0 unspecified atom stereocenters. The molecule has 0 saturated carbocycles. The van der Waals surface area contributed by atoms with Gasteiger partial charge in [0.2, 0.25) is 0 Å². The number of likely N-dealkylation sites (tertiary alicyclic amines) is 1. The maximum Gasteiger partial charge on any atom is 0.311 e. The summed E-state index contributed by atoms with van der Waals surface area (Å²) in [5, 5.41) is 14.5. The van der Waals surface area contributed by atoms with Crippen molar-refractivity contribution in [2.45, 2.75) is 52.7 Å². The minimum absolute atomic E-state index is 0.0595. The zero-order valence-electron chi connectivity index (χ0n) is 17.2. The largest absolute Gasteiger partial charge is 0.484 e. The van der Waals surface area contributed by atoms with Crippen molar-refractivity contribution in [3.8, 4) is 5.75 Å². The molecule has 1 radical (unpaired) electrons. The molecule has 153 valence electrons. The molecule has 0 atom stereocenters. The maximum absolute atomic E-state index is 12.8. The molecule has 0 aromatic heterocycles. The van der Waals surface area contributed by atoms with Gasteiger partial charge in [-0.15, -0.1) is 0 Å². The molecule has 1 aromatic carbocycles. The summed E-state index contributed by atoms with van der Waals surface area (Å²) >= 11 is 0. The second-order valence-corrected chi connectivity index (χ2v) is 7.77. The summed E-state index contributed by atoms with van der Waals surface area (Å²) in [5.41, 5.74) is 0.554. The van der Waals surface area contributed by atoms with E-state index in [1.165, 1.54) is 24.1 Å². The molecule has 0 aliphatic carbocycles. The minimum Gasteiger partial charge on any atom is -0.484 e. The zero-order chi connectivity index (χ0) is 20.8. The third-order valence-corrected chi connectivity index (χ3v) is 4.62. The summed E-state index contributed by atoms with van der Waals surface area (Å²) in [6.45, 7) is 14.4. The van der Waals surface area contributed by atoms with Gasteiger partial charge in [0.15, 0.2) is 5.75 Å². The lowest BCUT2D eigenvalue weighted by Crippen LogP contribution is -2.45.